The van der Waals surface area contributed by atoms with Crippen molar-refractivity contribution in [2.24, 2.45) is 0 Å². The molecule has 2 aromatic rings. The van der Waals surface area contributed by atoms with E-state index in [1.54, 1.807) is 18.2 Å². The predicted molar refractivity (Wildman–Crippen MR) is 150 cm³/mol. The van der Waals surface area contributed by atoms with Crippen LogP contribution in [0.5, 0.6) is 0 Å². The molecular weight excluding hydrogens is 532 g/mol. The molecule has 2 aliphatic rings. The number of thiocarbonyl (C=S) groups is 1. The van der Waals surface area contributed by atoms with E-state index in [2.05, 4.69) is 15.5 Å². The largest absolute Gasteiger partial charge is 0.378 e. The number of morpholine rings is 1. The Morgan fingerprint density at radius 3 is 2.34 bits per heavy atom. The van der Waals surface area contributed by atoms with Crippen LogP contribution in [0, 0.1) is 10.1 Å². The van der Waals surface area contributed by atoms with Crippen molar-refractivity contribution in [1.29, 1.82) is 0 Å². The molecule has 2 fully saturated rings. The van der Waals surface area contributed by atoms with Crippen LogP contribution in [0.4, 0.5) is 22.7 Å². The number of nitrogens with one attached hydrogen (secondary N) is 2. The molecule has 0 aromatic heterocycles. The molecule has 2 amide bonds. The lowest BCUT2D eigenvalue weighted by atomic mass is 10.1. The number of ether oxygens (including phenoxy) is 1. The molecule has 0 atom stereocenters. The molecule has 2 saturated heterocycles. The highest BCUT2D eigenvalue weighted by molar-refractivity contribution is 7.80. The SMILES string of the molecule is CCC(=O)N1CCN(c2ccc(Cl)cc2NC(=S)NC(=O)c2cc([N+](=O)[O-])ccc2N2CCOCC2)CC1. The lowest BCUT2D eigenvalue weighted by Crippen LogP contribution is -2.48. The van der Waals surface area contributed by atoms with E-state index >= 15 is 0 Å². The van der Waals surface area contributed by atoms with Gasteiger partial charge in [0.25, 0.3) is 11.6 Å². The lowest BCUT2D eigenvalue weighted by molar-refractivity contribution is -0.384. The number of rotatable bonds is 6. The zero-order valence-corrected chi connectivity index (χ0v) is 22.5. The minimum Gasteiger partial charge on any atom is -0.378 e. The molecule has 0 spiro atoms. The van der Waals surface area contributed by atoms with Crippen LogP contribution in [0.25, 0.3) is 0 Å². The molecule has 2 aliphatic heterocycles. The van der Waals surface area contributed by atoms with Crippen LogP contribution in [-0.2, 0) is 9.53 Å². The Balaban J connectivity index is 1.50. The zero-order chi connectivity index (χ0) is 27.2. The smallest absolute Gasteiger partial charge is 0.270 e. The molecule has 0 bridgehead atoms. The summed E-state index contributed by atoms with van der Waals surface area (Å²) < 4.78 is 5.39. The highest BCUT2D eigenvalue weighted by atomic mass is 35.5. The third-order valence-electron chi connectivity index (χ3n) is 6.50. The number of benzene rings is 2. The number of carbonyl (C=O) groups is 2. The van der Waals surface area contributed by atoms with Crippen molar-refractivity contribution in [3.8, 4) is 0 Å². The van der Waals surface area contributed by atoms with E-state index in [0.29, 0.717) is 75.3 Å². The van der Waals surface area contributed by atoms with Crippen LogP contribution in [0.1, 0.15) is 23.7 Å². The van der Waals surface area contributed by atoms with Gasteiger partial charge in [0.1, 0.15) is 0 Å². The van der Waals surface area contributed by atoms with Gasteiger partial charge in [-0.1, -0.05) is 18.5 Å². The van der Waals surface area contributed by atoms with Crippen molar-refractivity contribution in [3.63, 3.8) is 0 Å². The molecule has 2 N–H and O–H groups in total. The van der Waals surface area contributed by atoms with Gasteiger partial charge in [-0.3, -0.25) is 25.0 Å². The number of halogens is 1. The number of carbonyl (C=O) groups excluding carboxylic acids is 2. The quantitative estimate of drug-likeness (QED) is 0.311. The highest BCUT2D eigenvalue weighted by Crippen LogP contribution is 2.31. The second-order valence-electron chi connectivity index (χ2n) is 8.85. The van der Waals surface area contributed by atoms with E-state index in [1.807, 2.05) is 22.8 Å². The molecule has 11 nitrogen and oxygen atoms in total. The van der Waals surface area contributed by atoms with Crippen LogP contribution in [0.3, 0.4) is 0 Å². The second-order valence-corrected chi connectivity index (χ2v) is 9.69. The summed E-state index contributed by atoms with van der Waals surface area (Å²) in [5, 5.41) is 17.6. The maximum absolute atomic E-state index is 13.3. The monoisotopic (exact) mass is 560 g/mol. The van der Waals surface area contributed by atoms with Gasteiger partial charge in [0.2, 0.25) is 5.91 Å². The van der Waals surface area contributed by atoms with Crippen molar-refractivity contribution < 1.29 is 19.2 Å². The van der Waals surface area contributed by atoms with Gasteiger partial charge in [-0.05, 0) is 36.5 Å². The summed E-state index contributed by atoms with van der Waals surface area (Å²) in [7, 11) is 0. The Morgan fingerprint density at radius 1 is 1.03 bits per heavy atom. The summed E-state index contributed by atoms with van der Waals surface area (Å²) in [6.45, 7) is 6.44. The first-order chi connectivity index (χ1) is 18.3. The van der Waals surface area contributed by atoms with Crippen LogP contribution in [0.2, 0.25) is 5.02 Å². The van der Waals surface area contributed by atoms with Gasteiger partial charge in [0.15, 0.2) is 5.11 Å². The first-order valence-electron chi connectivity index (χ1n) is 12.3. The Kier molecular flexibility index (Phi) is 8.97. The fourth-order valence-corrected chi connectivity index (χ4v) is 4.90. The molecule has 2 heterocycles. The number of nitro groups is 1. The minimum atomic E-state index is -0.567. The average molecular weight is 561 g/mol. The van der Waals surface area contributed by atoms with E-state index in [-0.39, 0.29) is 22.3 Å². The normalized spacial score (nSPS) is 15.7. The fourth-order valence-electron chi connectivity index (χ4n) is 4.53. The van der Waals surface area contributed by atoms with E-state index in [4.69, 9.17) is 28.6 Å². The first-order valence-corrected chi connectivity index (χ1v) is 13.1. The molecule has 2 aromatic carbocycles. The number of nitrogens with zero attached hydrogens (tertiary/aromatic N) is 4. The molecule has 0 saturated carbocycles. The first kappa shape index (κ1) is 27.6. The van der Waals surface area contributed by atoms with Crippen molar-refractivity contribution in [1.82, 2.24) is 10.2 Å². The van der Waals surface area contributed by atoms with Gasteiger partial charge in [0, 0.05) is 62.8 Å². The lowest BCUT2D eigenvalue weighted by Gasteiger charge is -2.37. The van der Waals surface area contributed by atoms with Crippen molar-refractivity contribution in [2.75, 3.05) is 67.6 Å². The Morgan fingerprint density at radius 2 is 1.68 bits per heavy atom. The highest BCUT2D eigenvalue weighted by Gasteiger charge is 2.24. The van der Waals surface area contributed by atoms with Crippen molar-refractivity contribution in [2.45, 2.75) is 13.3 Å². The molecule has 0 unspecified atom stereocenters. The molecule has 0 aliphatic carbocycles. The van der Waals surface area contributed by atoms with Crippen molar-refractivity contribution >= 4 is 63.5 Å². The van der Waals surface area contributed by atoms with Crippen LogP contribution < -0.4 is 20.4 Å². The maximum Gasteiger partial charge on any atom is 0.270 e. The van der Waals surface area contributed by atoms with Gasteiger partial charge in [0.05, 0.1) is 40.8 Å². The summed E-state index contributed by atoms with van der Waals surface area (Å²) in [5.74, 6) is -0.441. The van der Waals surface area contributed by atoms with Crippen LogP contribution >= 0.6 is 23.8 Å². The van der Waals surface area contributed by atoms with E-state index in [0.717, 1.165) is 5.69 Å². The van der Waals surface area contributed by atoms with E-state index < -0.39 is 10.8 Å². The third-order valence-corrected chi connectivity index (χ3v) is 6.94. The summed E-state index contributed by atoms with van der Waals surface area (Å²) in [4.78, 5) is 42.1. The maximum atomic E-state index is 13.3. The van der Waals surface area contributed by atoms with Crippen LogP contribution in [-0.4, -0.2) is 79.2 Å². The second kappa shape index (κ2) is 12.4. The predicted octanol–water partition coefficient (Wildman–Crippen LogP) is 3.27. The summed E-state index contributed by atoms with van der Waals surface area (Å²) in [6.07, 6.45) is 0.472. The molecule has 0 radical (unpaired) electrons. The summed E-state index contributed by atoms with van der Waals surface area (Å²) in [6, 6.07) is 9.56. The number of hydrogen-bond donors (Lipinski definition) is 2. The fraction of sp³-hybridized carbons (Fsp3) is 0.400. The van der Waals surface area contributed by atoms with Gasteiger partial charge < -0.3 is 24.8 Å². The molecule has 13 heteroatoms. The number of nitro benzene ring substituents is 1. The van der Waals surface area contributed by atoms with Gasteiger partial charge in [-0.25, -0.2) is 0 Å². The molecular formula is C25H29ClN6O5S. The average Bonchev–Trinajstić information content (AvgIpc) is 2.93. The van der Waals surface area contributed by atoms with Crippen LogP contribution in [0.15, 0.2) is 36.4 Å². The minimum absolute atomic E-state index is 0.0257. The number of hydrogen-bond acceptors (Lipinski definition) is 8. The van der Waals surface area contributed by atoms with E-state index in [1.165, 1.54) is 12.1 Å². The number of non-ortho nitro benzene ring substituents is 1. The summed E-state index contributed by atoms with van der Waals surface area (Å²) in [5.41, 5.74) is 1.96. The molecule has 4 rings (SSSR count). The summed E-state index contributed by atoms with van der Waals surface area (Å²) >= 11 is 11.7. The molecule has 202 valence electrons. The topological polar surface area (TPSA) is 120 Å². The van der Waals surface area contributed by atoms with Gasteiger partial charge in [-0.2, -0.15) is 0 Å². The van der Waals surface area contributed by atoms with Gasteiger partial charge >= 0.3 is 0 Å². The van der Waals surface area contributed by atoms with Gasteiger partial charge in [-0.15, -0.1) is 0 Å². The number of piperazine rings is 1. The number of amides is 2. The standard InChI is InChI=1S/C25H29ClN6O5S/c1-2-23(33)31-9-7-29(8-10-31)22-5-3-17(26)15-20(22)27-25(38)28-24(34)19-16-18(32(35)36)4-6-21(19)30-11-13-37-14-12-30/h3-6,15-16H,2,7-14H2,1H3,(H2,27,28,34,38). The Labute approximate surface area is 230 Å². The van der Waals surface area contributed by atoms with E-state index in [9.17, 15) is 19.7 Å². The zero-order valence-electron chi connectivity index (χ0n) is 20.9. The Hall–Kier alpha value is -3.48. The molecule has 38 heavy (non-hydrogen) atoms. The number of anilines is 3. The third kappa shape index (κ3) is 6.50. The Bertz CT molecular complexity index is 1230. The van der Waals surface area contributed by atoms with Crippen molar-refractivity contribution in [3.05, 3.63) is 57.1 Å².